The number of ether oxygens (including phenoxy) is 1. The Labute approximate surface area is 126 Å². The average molecular weight is 327 g/mol. The molecule has 0 saturated carbocycles. The highest BCUT2D eigenvalue weighted by Gasteiger charge is 2.31. The molecule has 0 aliphatic heterocycles. The standard InChI is InChI=1S/C14H8F3NO5/c15-14(16,17)23-10-4-1-8(2-5-10)11-7-9(13(19)20)3-6-12(11)18(21)22/h1-7H,(H,19,20). The highest BCUT2D eigenvalue weighted by Crippen LogP contribution is 2.33. The first-order chi connectivity index (χ1) is 10.7. The molecule has 1 N–H and O–H groups in total. The summed E-state index contributed by atoms with van der Waals surface area (Å²) in [5, 5.41) is 20.0. The minimum Gasteiger partial charge on any atom is -0.478 e. The van der Waals surface area contributed by atoms with Crippen molar-refractivity contribution in [2.45, 2.75) is 6.36 Å². The number of carboxylic acid groups (broad SMARTS) is 1. The summed E-state index contributed by atoms with van der Waals surface area (Å²) in [6.07, 6.45) is -4.85. The molecule has 2 aromatic rings. The number of carboxylic acids is 1. The summed E-state index contributed by atoms with van der Waals surface area (Å²) >= 11 is 0. The number of rotatable bonds is 4. The van der Waals surface area contributed by atoms with Gasteiger partial charge in [0.25, 0.3) is 5.69 Å². The van der Waals surface area contributed by atoms with Gasteiger partial charge in [0.05, 0.1) is 16.1 Å². The van der Waals surface area contributed by atoms with Crippen LogP contribution in [-0.4, -0.2) is 22.4 Å². The maximum atomic E-state index is 12.1. The van der Waals surface area contributed by atoms with Crippen LogP contribution in [0.15, 0.2) is 42.5 Å². The maximum Gasteiger partial charge on any atom is 0.573 e. The molecule has 0 aliphatic rings. The van der Waals surface area contributed by atoms with Gasteiger partial charge in [0, 0.05) is 6.07 Å². The lowest BCUT2D eigenvalue weighted by Crippen LogP contribution is -2.16. The minimum absolute atomic E-state index is 0.0199. The molecule has 0 aromatic heterocycles. The van der Waals surface area contributed by atoms with Gasteiger partial charge in [-0.25, -0.2) is 4.79 Å². The van der Waals surface area contributed by atoms with Crippen molar-refractivity contribution in [3.8, 4) is 16.9 Å². The van der Waals surface area contributed by atoms with Crippen LogP contribution < -0.4 is 4.74 Å². The van der Waals surface area contributed by atoms with Gasteiger partial charge in [-0.2, -0.15) is 0 Å². The first-order valence-corrected chi connectivity index (χ1v) is 6.05. The number of nitro benzene ring substituents is 1. The summed E-state index contributed by atoms with van der Waals surface area (Å²) < 4.78 is 40.0. The van der Waals surface area contributed by atoms with E-state index in [-0.39, 0.29) is 22.4 Å². The van der Waals surface area contributed by atoms with Crippen LogP contribution in [0.1, 0.15) is 10.4 Å². The van der Waals surface area contributed by atoms with E-state index < -0.39 is 23.0 Å². The number of hydrogen-bond donors (Lipinski definition) is 1. The van der Waals surface area contributed by atoms with Crippen LogP contribution in [0.2, 0.25) is 0 Å². The molecule has 2 aromatic carbocycles. The fourth-order valence-corrected chi connectivity index (χ4v) is 1.90. The average Bonchev–Trinajstić information content (AvgIpc) is 2.45. The van der Waals surface area contributed by atoms with Crippen molar-refractivity contribution in [3.63, 3.8) is 0 Å². The molecule has 0 amide bonds. The highest BCUT2D eigenvalue weighted by molar-refractivity contribution is 5.91. The topological polar surface area (TPSA) is 89.7 Å². The second kappa shape index (κ2) is 5.95. The lowest BCUT2D eigenvalue weighted by Gasteiger charge is -2.10. The zero-order valence-corrected chi connectivity index (χ0v) is 11.2. The van der Waals surface area contributed by atoms with Gasteiger partial charge >= 0.3 is 12.3 Å². The van der Waals surface area contributed by atoms with Crippen LogP contribution >= 0.6 is 0 Å². The molecule has 0 atom stereocenters. The van der Waals surface area contributed by atoms with Crippen LogP contribution in [-0.2, 0) is 0 Å². The highest BCUT2D eigenvalue weighted by atomic mass is 19.4. The molecular formula is C14H8F3NO5. The lowest BCUT2D eigenvalue weighted by atomic mass is 10.0. The molecule has 0 aliphatic carbocycles. The molecule has 0 saturated heterocycles. The number of benzene rings is 2. The summed E-state index contributed by atoms with van der Waals surface area (Å²) in [5.74, 6) is -1.77. The number of halogens is 3. The monoisotopic (exact) mass is 327 g/mol. The Morgan fingerprint density at radius 2 is 1.74 bits per heavy atom. The number of nitro groups is 1. The third-order valence-corrected chi connectivity index (χ3v) is 2.84. The summed E-state index contributed by atoms with van der Waals surface area (Å²) in [5.41, 5.74) is -0.372. The predicted octanol–water partition coefficient (Wildman–Crippen LogP) is 3.86. The number of alkyl halides is 3. The minimum atomic E-state index is -4.85. The summed E-state index contributed by atoms with van der Waals surface area (Å²) in [6.45, 7) is 0. The first-order valence-electron chi connectivity index (χ1n) is 6.05. The SMILES string of the molecule is O=C(O)c1ccc([N+](=O)[O-])c(-c2ccc(OC(F)(F)F)cc2)c1. The number of aromatic carboxylic acids is 1. The molecule has 0 fully saturated rings. The van der Waals surface area contributed by atoms with Crippen LogP contribution in [0, 0.1) is 10.1 Å². The van der Waals surface area contributed by atoms with Gasteiger partial charge < -0.3 is 9.84 Å². The second-order valence-electron chi connectivity index (χ2n) is 4.37. The van der Waals surface area contributed by atoms with Crippen LogP contribution in [0.4, 0.5) is 18.9 Å². The van der Waals surface area contributed by atoms with E-state index in [0.717, 1.165) is 30.3 Å². The second-order valence-corrected chi connectivity index (χ2v) is 4.37. The third-order valence-electron chi connectivity index (χ3n) is 2.84. The summed E-state index contributed by atoms with van der Waals surface area (Å²) in [6, 6.07) is 7.51. The molecule has 23 heavy (non-hydrogen) atoms. The van der Waals surface area contributed by atoms with E-state index >= 15 is 0 Å². The summed E-state index contributed by atoms with van der Waals surface area (Å²) in [4.78, 5) is 21.3. The van der Waals surface area contributed by atoms with Gasteiger partial charge in [-0.3, -0.25) is 10.1 Å². The van der Waals surface area contributed by atoms with Gasteiger partial charge in [0.15, 0.2) is 0 Å². The van der Waals surface area contributed by atoms with Crippen molar-refractivity contribution in [2.75, 3.05) is 0 Å². The molecule has 2 rings (SSSR count). The molecule has 0 unspecified atom stereocenters. The van der Waals surface area contributed by atoms with Crippen LogP contribution in [0.3, 0.4) is 0 Å². The van der Waals surface area contributed by atoms with Crippen molar-refractivity contribution < 1.29 is 32.7 Å². The van der Waals surface area contributed by atoms with Crippen molar-refractivity contribution in [1.29, 1.82) is 0 Å². The van der Waals surface area contributed by atoms with E-state index in [4.69, 9.17) is 5.11 Å². The Kier molecular flexibility index (Phi) is 4.21. The van der Waals surface area contributed by atoms with Crippen LogP contribution in [0.5, 0.6) is 5.75 Å². The number of hydrogen-bond acceptors (Lipinski definition) is 4. The Bertz CT molecular complexity index is 756. The number of nitrogens with zero attached hydrogens (tertiary/aromatic N) is 1. The van der Waals surface area contributed by atoms with E-state index in [1.54, 1.807) is 0 Å². The fourth-order valence-electron chi connectivity index (χ4n) is 1.90. The lowest BCUT2D eigenvalue weighted by molar-refractivity contribution is -0.384. The zero-order chi connectivity index (χ0) is 17.2. The van der Waals surface area contributed by atoms with Crippen molar-refractivity contribution in [1.82, 2.24) is 0 Å². The van der Waals surface area contributed by atoms with Gasteiger partial charge in [-0.05, 0) is 29.8 Å². The van der Waals surface area contributed by atoms with Crippen molar-refractivity contribution in [3.05, 3.63) is 58.1 Å². The largest absolute Gasteiger partial charge is 0.573 e. The fraction of sp³-hybridized carbons (Fsp3) is 0.0714. The quantitative estimate of drug-likeness (QED) is 0.680. The van der Waals surface area contributed by atoms with Gasteiger partial charge in [-0.15, -0.1) is 13.2 Å². The normalized spacial score (nSPS) is 11.1. The predicted molar refractivity (Wildman–Crippen MR) is 72.2 cm³/mol. The smallest absolute Gasteiger partial charge is 0.478 e. The Morgan fingerprint density at radius 1 is 1.13 bits per heavy atom. The molecule has 0 heterocycles. The molecule has 120 valence electrons. The van der Waals surface area contributed by atoms with Crippen molar-refractivity contribution >= 4 is 11.7 Å². The molecule has 0 radical (unpaired) electrons. The van der Waals surface area contributed by atoms with E-state index in [0.29, 0.717) is 0 Å². The maximum absolute atomic E-state index is 12.1. The molecule has 9 heteroatoms. The Morgan fingerprint density at radius 3 is 2.22 bits per heavy atom. The van der Waals surface area contributed by atoms with E-state index in [1.807, 2.05) is 0 Å². The van der Waals surface area contributed by atoms with Gasteiger partial charge in [-0.1, -0.05) is 12.1 Å². The first kappa shape index (κ1) is 16.3. The van der Waals surface area contributed by atoms with E-state index in [1.165, 1.54) is 12.1 Å². The number of carbonyl (C=O) groups is 1. The Hall–Kier alpha value is -3.10. The summed E-state index contributed by atoms with van der Waals surface area (Å²) in [7, 11) is 0. The van der Waals surface area contributed by atoms with Crippen molar-refractivity contribution in [2.24, 2.45) is 0 Å². The van der Waals surface area contributed by atoms with Gasteiger partial charge in [0.2, 0.25) is 0 Å². The molecule has 6 nitrogen and oxygen atoms in total. The Balaban J connectivity index is 2.46. The van der Waals surface area contributed by atoms with E-state index in [2.05, 4.69) is 4.74 Å². The zero-order valence-electron chi connectivity index (χ0n) is 11.2. The van der Waals surface area contributed by atoms with E-state index in [9.17, 15) is 28.1 Å². The molecule has 0 bridgehead atoms. The molecular weight excluding hydrogens is 319 g/mol. The third kappa shape index (κ3) is 3.96. The molecule has 0 spiro atoms. The van der Waals surface area contributed by atoms with Crippen LogP contribution in [0.25, 0.3) is 11.1 Å². The van der Waals surface area contributed by atoms with Gasteiger partial charge in [0.1, 0.15) is 5.75 Å².